The Morgan fingerprint density at radius 3 is 2.83 bits per heavy atom. The van der Waals surface area contributed by atoms with Crippen LogP contribution in [-0.4, -0.2) is 15.5 Å². The highest BCUT2D eigenvalue weighted by atomic mass is 16.5. The summed E-state index contributed by atoms with van der Waals surface area (Å²) in [5.74, 6) is 1.69. The van der Waals surface area contributed by atoms with E-state index in [4.69, 9.17) is 9.15 Å². The molecule has 3 rings (SSSR count). The van der Waals surface area contributed by atoms with Gasteiger partial charge in [0, 0.05) is 25.0 Å². The average molecular weight is 322 g/mol. The van der Waals surface area contributed by atoms with Crippen LogP contribution in [-0.2, 0) is 22.7 Å². The summed E-state index contributed by atoms with van der Waals surface area (Å²) >= 11 is 0. The van der Waals surface area contributed by atoms with Crippen LogP contribution in [0.15, 0.2) is 65.4 Å². The van der Waals surface area contributed by atoms with Gasteiger partial charge < -0.3 is 13.7 Å². The number of aryl methyl sites for hydroxylation is 1. The highest BCUT2D eigenvalue weighted by Gasteiger charge is 2.06. The Kier molecular flexibility index (Phi) is 4.91. The van der Waals surface area contributed by atoms with Crippen molar-refractivity contribution in [2.75, 3.05) is 0 Å². The van der Waals surface area contributed by atoms with Gasteiger partial charge in [0.25, 0.3) is 0 Å². The molecular weight excluding hydrogens is 304 g/mol. The van der Waals surface area contributed by atoms with Crippen molar-refractivity contribution in [3.63, 3.8) is 0 Å². The first-order valence-electron chi connectivity index (χ1n) is 7.66. The van der Waals surface area contributed by atoms with Crippen molar-refractivity contribution >= 4 is 12.0 Å². The van der Waals surface area contributed by atoms with Crippen LogP contribution in [0.25, 0.3) is 6.08 Å². The molecule has 0 unspecified atom stereocenters. The zero-order valence-corrected chi connectivity index (χ0v) is 13.4. The molecule has 0 bridgehead atoms. The van der Waals surface area contributed by atoms with E-state index in [9.17, 15) is 4.79 Å². The van der Waals surface area contributed by atoms with E-state index in [1.165, 1.54) is 6.08 Å². The van der Waals surface area contributed by atoms with E-state index in [-0.39, 0.29) is 6.61 Å². The van der Waals surface area contributed by atoms with Crippen molar-refractivity contribution in [1.82, 2.24) is 9.55 Å². The third-order valence-corrected chi connectivity index (χ3v) is 3.49. The van der Waals surface area contributed by atoms with Crippen molar-refractivity contribution in [1.29, 1.82) is 0 Å². The number of hydrogen-bond acceptors (Lipinski definition) is 4. The minimum Gasteiger partial charge on any atom is -0.462 e. The van der Waals surface area contributed by atoms with Gasteiger partial charge in [0.05, 0.1) is 0 Å². The first-order chi connectivity index (χ1) is 11.7. The summed E-state index contributed by atoms with van der Waals surface area (Å²) in [5, 5.41) is 0. The lowest BCUT2D eigenvalue weighted by molar-refractivity contribution is -0.139. The molecule has 0 fully saturated rings. The molecule has 0 aliphatic rings. The van der Waals surface area contributed by atoms with Crippen molar-refractivity contribution in [3.8, 4) is 0 Å². The van der Waals surface area contributed by atoms with E-state index < -0.39 is 5.97 Å². The largest absolute Gasteiger partial charge is 0.462 e. The molecule has 2 aromatic heterocycles. The number of furan rings is 1. The predicted octanol–water partition coefficient (Wildman–Crippen LogP) is 3.59. The first-order valence-corrected chi connectivity index (χ1v) is 7.66. The summed E-state index contributed by atoms with van der Waals surface area (Å²) < 4.78 is 12.6. The number of carbonyl (C=O) groups excluding carboxylic acids is 1. The maximum atomic E-state index is 11.8. The number of rotatable bonds is 6. The molecule has 2 heterocycles. The average Bonchev–Trinajstić information content (AvgIpc) is 3.21. The lowest BCUT2D eigenvalue weighted by atomic mass is 10.2. The number of benzene rings is 1. The molecule has 0 aliphatic heterocycles. The molecule has 0 spiro atoms. The zero-order valence-electron chi connectivity index (χ0n) is 13.4. The van der Waals surface area contributed by atoms with Gasteiger partial charge in [-0.2, -0.15) is 0 Å². The summed E-state index contributed by atoms with van der Waals surface area (Å²) in [5.41, 5.74) is 1.16. The Balaban J connectivity index is 1.56. The Bertz CT molecular complexity index is 831. The summed E-state index contributed by atoms with van der Waals surface area (Å²) in [7, 11) is 0. The third-order valence-electron chi connectivity index (χ3n) is 3.49. The van der Waals surface area contributed by atoms with E-state index in [1.54, 1.807) is 18.3 Å². The first kappa shape index (κ1) is 15.8. The Morgan fingerprint density at radius 2 is 2.08 bits per heavy atom. The summed E-state index contributed by atoms with van der Waals surface area (Å²) in [4.78, 5) is 16.0. The molecule has 24 heavy (non-hydrogen) atoms. The summed E-state index contributed by atoms with van der Waals surface area (Å²) in [6.07, 6.45) is 6.51. The second kappa shape index (κ2) is 7.46. The van der Waals surface area contributed by atoms with Gasteiger partial charge in [-0.15, -0.1) is 0 Å². The van der Waals surface area contributed by atoms with E-state index in [2.05, 4.69) is 4.98 Å². The van der Waals surface area contributed by atoms with Crippen molar-refractivity contribution in [3.05, 3.63) is 83.8 Å². The van der Waals surface area contributed by atoms with Gasteiger partial charge >= 0.3 is 5.97 Å². The van der Waals surface area contributed by atoms with Crippen molar-refractivity contribution < 1.29 is 13.9 Å². The molecule has 0 N–H and O–H groups in total. The zero-order chi connectivity index (χ0) is 16.8. The third kappa shape index (κ3) is 4.23. The molecule has 0 saturated heterocycles. The van der Waals surface area contributed by atoms with Crippen LogP contribution in [0.2, 0.25) is 0 Å². The minimum atomic E-state index is -0.432. The van der Waals surface area contributed by atoms with E-state index in [0.29, 0.717) is 18.1 Å². The number of esters is 1. The molecule has 0 aliphatic carbocycles. The standard InChI is InChI=1S/C19H18N2O3/c1-15-7-8-17(24-15)9-10-19(22)23-14-18-20-11-12-21(18)13-16-5-3-2-4-6-16/h2-12H,13-14H2,1H3/b10-9+. The number of ether oxygens (including phenoxy) is 1. The lowest BCUT2D eigenvalue weighted by Crippen LogP contribution is -2.08. The number of carbonyl (C=O) groups is 1. The monoisotopic (exact) mass is 322 g/mol. The number of imidazole rings is 1. The van der Waals surface area contributed by atoms with Crippen LogP contribution in [0.5, 0.6) is 0 Å². The SMILES string of the molecule is Cc1ccc(/C=C/C(=O)OCc2nccn2Cc2ccccc2)o1. The van der Waals surface area contributed by atoms with Crippen LogP contribution < -0.4 is 0 Å². The highest BCUT2D eigenvalue weighted by Crippen LogP contribution is 2.09. The number of aromatic nitrogens is 2. The highest BCUT2D eigenvalue weighted by molar-refractivity contribution is 5.86. The number of nitrogens with zero attached hydrogens (tertiary/aromatic N) is 2. The molecule has 122 valence electrons. The van der Waals surface area contributed by atoms with Gasteiger partial charge in [0.1, 0.15) is 24.0 Å². The molecule has 0 radical (unpaired) electrons. The smallest absolute Gasteiger partial charge is 0.331 e. The molecule has 5 heteroatoms. The Morgan fingerprint density at radius 1 is 1.25 bits per heavy atom. The maximum absolute atomic E-state index is 11.8. The topological polar surface area (TPSA) is 57.3 Å². The van der Waals surface area contributed by atoms with E-state index >= 15 is 0 Å². The molecule has 3 aromatic rings. The van der Waals surface area contributed by atoms with Gasteiger partial charge in [-0.05, 0) is 30.7 Å². The summed E-state index contributed by atoms with van der Waals surface area (Å²) in [6, 6.07) is 13.7. The van der Waals surface area contributed by atoms with Gasteiger partial charge in [0.2, 0.25) is 0 Å². The Labute approximate surface area is 140 Å². The molecule has 0 saturated carbocycles. The van der Waals surface area contributed by atoms with E-state index in [0.717, 1.165) is 11.3 Å². The van der Waals surface area contributed by atoms with Gasteiger partial charge in [-0.1, -0.05) is 30.3 Å². The van der Waals surface area contributed by atoms with Crippen LogP contribution in [0.3, 0.4) is 0 Å². The molecule has 0 amide bonds. The van der Waals surface area contributed by atoms with Crippen LogP contribution in [0.1, 0.15) is 22.9 Å². The van der Waals surface area contributed by atoms with Gasteiger partial charge in [-0.3, -0.25) is 0 Å². The fraction of sp³-hybridized carbons (Fsp3) is 0.158. The van der Waals surface area contributed by atoms with Gasteiger partial charge in [0.15, 0.2) is 0 Å². The predicted molar refractivity (Wildman–Crippen MR) is 90.0 cm³/mol. The second-order valence-electron chi connectivity index (χ2n) is 5.35. The van der Waals surface area contributed by atoms with Crippen LogP contribution >= 0.6 is 0 Å². The lowest BCUT2D eigenvalue weighted by Gasteiger charge is -2.08. The fourth-order valence-corrected chi connectivity index (χ4v) is 2.28. The van der Waals surface area contributed by atoms with Crippen molar-refractivity contribution in [2.24, 2.45) is 0 Å². The summed E-state index contributed by atoms with van der Waals surface area (Å²) in [6.45, 7) is 2.66. The quantitative estimate of drug-likeness (QED) is 0.514. The van der Waals surface area contributed by atoms with E-state index in [1.807, 2.05) is 54.1 Å². The number of hydrogen-bond donors (Lipinski definition) is 0. The Hall–Kier alpha value is -3.08. The normalized spacial score (nSPS) is 11.0. The molecule has 5 nitrogen and oxygen atoms in total. The van der Waals surface area contributed by atoms with Crippen LogP contribution in [0, 0.1) is 6.92 Å². The van der Waals surface area contributed by atoms with Gasteiger partial charge in [-0.25, -0.2) is 9.78 Å². The molecule has 0 atom stereocenters. The maximum Gasteiger partial charge on any atom is 0.331 e. The van der Waals surface area contributed by atoms with Crippen molar-refractivity contribution in [2.45, 2.75) is 20.1 Å². The fourth-order valence-electron chi connectivity index (χ4n) is 2.28. The molecular formula is C19H18N2O3. The minimum absolute atomic E-state index is 0.125. The molecule has 1 aromatic carbocycles. The second-order valence-corrected chi connectivity index (χ2v) is 5.35. The van der Waals surface area contributed by atoms with Crippen LogP contribution in [0.4, 0.5) is 0 Å².